The second-order valence-corrected chi connectivity index (χ2v) is 8.58. The number of rotatable bonds is 6. The summed E-state index contributed by atoms with van der Waals surface area (Å²) in [5, 5.41) is -3.95. The number of amides is 1. The number of hydrogen-bond donors (Lipinski definition) is 2. The molecule has 15 heteroatoms. The Bertz CT molecular complexity index is 841. The fourth-order valence-electron chi connectivity index (χ4n) is 4.27. The number of alkyl halides is 5. The van der Waals surface area contributed by atoms with Crippen LogP contribution in [0.15, 0.2) is 0 Å². The number of hydrogen-bond acceptors (Lipinski definition) is 7. The standard InChI is InChI=1S/C14H14F5NO8S/c15-13(16,17)12(14(18,19)29(24,25)26)28-7(21)3-20-10(22)8-4-1-5-6(2-4)27-11(23)9(5)8/h4-6,8-9,12H,1-3H2,(H,20,22)(H,24,25,26). The SMILES string of the molecule is O=C(CNC(=O)C1C2CC3OC(=O)C1C3C2)OC(C(F)(F)F)C(F)(F)S(=O)(=O)O. The maximum atomic E-state index is 13.4. The molecule has 1 aliphatic heterocycles. The van der Waals surface area contributed by atoms with Gasteiger partial charge in [0.2, 0.25) is 5.91 Å². The summed E-state index contributed by atoms with van der Waals surface area (Å²) in [6, 6.07) is 0. The van der Waals surface area contributed by atoms with Crippen molar-refractivity contribution in [3.05, 3.63) is 0 Å². The van der Waals surface area contributed by atoms with Crippen LogP contribution in [0.25, 0.3) is 0 Å². The van der Waals surface area contributed by atoms with E-state index in [0.717, 1.165) is 0 Å². The highest BCUT2D eigenvalue weighted by Crippen LogP contribution is 2.57. The van der Waals surface area contributed by atoms with Crippen LogP contribution in [0.1, 0.15) is 12.8 Å². The maximum Gasteiger partial charge on any atom is 0.432 e. The molecule has 0 aromatic carbocycles. The topological polar surface area (TPSA) is 136 Å². The van der Waals surface area contributed by atoms with Crippen LogP contribution in [-0.4, -0.2) is 61.0 Å². The zero-order valence-electron chi connectivity index (χ0n) is 14.2. The van der Waals surface area contributed by atoms with Gasteiger partial charge < -0.3 is 14.8 Å². The lowest BCUT2D eigenvalue weighted by Crippen LogP contribution is -2.53. The van der Waals surface area contributed by atoms with Crippen LogP contribution in [-0.2, 0) is 34.0 Å². The average Bonchev–Trinajstić information content (AvgIpc) is 3.17. The summed E-state index contributed by atoms with van der Waals surface area (Å²) >= 11 is 0. The predicted molar refractivity (Wildman–Crippen MR) is 78.5 cm³/mol. The highest BCUT2D eigenvalue weighted by Gasteiger charge is 2.66. The third-order valence-electron chi connectivity index (χ3n) is 5.39. The second kappa shape index (κ2) is 6.75. The van der Waals surface area contributed by atoms with E-state index in [1.165, 1.54) is 0 Å². The molecule has 29 heavy (non-hydrogen) atoms. The molecule has 0 radical (unpaired) electrons. The smallest absolute Gasteiger partial charge is 0.432 e. The van der Waals surface area contributed by atoms with Gasteiger partial charge in [0.15, 0.2) is 0 Å². The van der Waals surface area contributed by atoms with Crippen molar-refractivity contribution in [1.29, 1.82) is 0 Å². The summed E-state index contributed by atoms with van der Waals surface area (Å²) in [7, 11) is -6.56. The molecular formula is C14H14F5NO8S. The third-order valence-corrected chi connectivity index (χ3v) is 6.29. The van der Waals surface area contributed by atoms with E-state index >= 15 is 0 Å². The minimum atomic E-state index is -6.56. The van der Waals surface area contributed by atoms with Gasteiger partial charge in [-0.15, -0.1) is 0 Å². The Morgan fingerprint density at radius 3 is 2.41 bits per heavy atom. The number of ether oxygens (including phenoxy) is 2. The Balaban J connectivity index is 1.63. The predicted octanol–water partition coefficient (Wildman–Crippen LogP) is 0.255. The van der Waals surface area contributed by atoms with Crippen molar-refractivity contribution in [3.63, 3.8) is 0 Å². The molecule has 0 aromatic heterocycles. The summed E-state index contributed by atoms with van der Waals surface area (Å²) in [5.41, 5.74) is 0. The quantitative estimate of drug-likeness (QED) is 0.333. The molecule has 1 heterocycles. The van der Waals surface area contributed by atoms with E-state index in [2.05, 4.69) is 4.74 Å². The Labute approximate surface area is 159 Å². The van der Waals surface area contributed by atoms with Crippen LogP contribution in [0, 0.1) is 23.7 Å². The lowest BCUT2D eigenvalue weighted by atomic mass is 9.79. The molecule has 9 nitrogen and oxygen atoms in total. The van der Waals surface area contributed by atoms with Crippen molar-refractivity contribution in [1.82, 2.24) is 5.32 Å². The summed E-state index contributed by atoms with van der Waals surface area (Å²) in [4.78, 5) is 35.6. The summed E-state index contributed by atoms with van der Waals surface area (Å²) in [6.07, 6.45) is -9.86. The fourth-order valence-corrected chi connectivity index (χ4v) is 4.73. The van der Waals surface area contributed by atoms with Gasteiger partial charge in [0.05, 0.1) is 11.8 Å². The molecule has 2 bridgehead atoms. The number of nitrogens with one attached hydrogen (secondary N) is 1. The lowest BCUT2D eigenvalue weighted by molar-refractivity contribution is -0.258. The normalized spacial score (nSPS) is 32.1. The molecule has 2 N–H and O–H groups in total. The zero-order chi connectivity index (χ0) is 21.9. The van der Waals surface area contributed by atoms with E-state index in [9.17, 15) is 44.8 Å². The summed E-state index contributed by atoms with van der Waals surface area (Å²) < 4.78 is 103. The third kappa shape index (κ3) is 3.65. The van der Waals surface area contributed by atoms with Crippen molar-refractivity contribution in [2.75, 3.05) is 6.54 Å². The molecule has 0 spiro atoms. The molecule has 6 atom stereocenters. The molecule has 1 saturated heterocycles. The molecule has 3 aliphatic rings. The zero-order valence-corrected chi connectivity index (χ0v) is 15.0. The lowest BCUT2D eigenvalue weighted by Gasteiger charge is -2.26. The second-order valence-electron chi connectivity index (χ2n) is 7.09. The van der Waals surface area contributed by atoms with Gasteiger partial charge in [-0.1, -0.05) is 0 Å². The van der Waals surface area contributed by atoms with Crippen molar-refractivity contribution in [3.8, 4) is 0 Å². The van der Waals surface area contributed by atoms with Gasteiger partial charge in [-0.2, -0.15) is 30.4 Å². The van der Waals surface area contributed by atoms with E-state index in [1.54, 1.807) is 0 Å². The molecule has 6 unspecified atom stereocenters. The van der Waals surface area contributed by atoms with Crippen molar-refractivity contribution < 1.29 is 58.8 Å². The van der Waals surface area contributed by atoms with Crippen LogP contribution < -0.4 is 5.32 Å². The van der Waals surface area contributed by atoms with Gasteiger partial charge in [-0.3, -0.25) is 18.9 Å². The van der Waals surface area contributed by atoms with Crippen LogP contribution in [0.2, 0.25) is 0 Å². The molecule has 2 aliphatic carbocycles. The first-order valence-electron chi connectivity index (χ1n) is 8.24. The molecule has 0 aromatic rings. The molecule has 3 rings (SSSR count). The van der Waals surface area contributed by atoms with Gasteiger partial charge in [0, 0.05) is 5.92 Å². The van der Waals surface area contributed by atoms with Gasteiger partial charge >= 0.3 is 33.5 Å². The van der Waals surface area contributed by atoms with E-state index in [4.69, 9.17) is 9.29 Å². The average molecular weight is 451 g/mol. The first-order valence-corrected chi connectivity index (χ1v) is 9.68. The van der Waals surface area contributed by atoms with E-state index in [1.807, 2.05) is 5.32 Å². The van der Waals surface area contributed by atoms with Crippen molar-refractivity contribution in [2.45, 2.75) is 36.5 Å². The van der Waals surface area contributed by atoms with Crippen molar-refractivity contribution in [2.24, 2.45) is 23.7 Å². The van der Waals surface area contributed by atoms with Crippen LogP contribution in [0.3, 0.4) is 0 Å². The van der Waals surface area contributed by atoms with E-state index in [-0.39, 0.29) is 17.9 Å². The number of esters is 2. The van der Waals surface area contributed by atoms with Crippen LogP contribution in [0.5, 0.6) is 0 Å². The van der Waals surface area contributed by atoms with Crippen molar-refractivity contribution >= 4 is 28.0 Å². The fraction of sp³-hybridized carbons (Fsp3) is 0.786. The molecular weight excluding hydrogens is 437 g/mol. The Hall–Kier alpha value is -2.03. The Kier molecular flexibility index (Phi) is 5.05. The maximum absolute atomic E-state index is 13.4. The largest absolute Gasteiger partial charge is 0.462 e. The first kappa shape index (κ1) is 21.7. The highest BCUT2D eigenvalue weighted by atomic mass is 32.2. The Morgan fingerprint density at radius 2 is 1.86 bits per heavy atom. The summed E-state index contributed by atoms with van der Waals surface area (Å²) in [6.45, 7) is -1.29. The van der Waals surface area contributed by atoms with Crippen LogP contribution >= 0.6 is 0 Å². The van der Waals surface area contributed by atoms with Crippen LogP contribution in [0.4, 0.5) is 22.0 Å². The number of carbonyl (C=O) groups is 3. The van der Waals surface area contributed by atoms with E-state index in [0.29, 0.717) is 12.8 Å². The number of carbonyl (C=O) groups excluding carboxylic acids is 3. The van der Waals surface area contributed by atoms with Gasteiger partial charge in [0.1, 0.15) is 12.6 Å². The summed E-state index contributed by atoms with van der Waals surface area (Å²) in [5.74, 6) is -5.49. The van der Waals surface area contributed by atoms with Gasteiger partial charge in [-0.05, 0) is 18.8 Å². The van der Waals surface area contributed by atoms with Gasteiger partial charge in [0.25, 0.3) is 6.10 Å². The highest BCUT2D eigenvalue weighted by molar-refractivity contribution is 7.86. The molecule has 1 amide bonds. The van der Waals surface area contributed by atoms with Gasteiger partial charge in [-0.25, -0.2) is 0 Å². The minimum Gasteiger partial charge on any atom is -0.462 e. The number of halogens is 5. The molecule has 3 fully saturated rings. The molecule has 2 saturated carbocycles. The molecule has 164 valence electrons. The number of fused-ring (bicyclic) bond motifs is 1. The monoisotopic (exact) mass is 451 g/mol. The minimum absolute atomic E-state index is 0.168. The Morgan fingerprint density at radius 1 is 1.24 bits per heavy atom. The first-order chi connectivity index (χ1) is 13.1. The van der Waals surface area contributed by atoms with E-state index < -0.39 is 63.9 Å².